The Bertz CT molecular complexity index is 1820. The van der Waals surface area contributed by atoms with Crippen LogP contribution in [-0.4, -0.2) is 49.2 Å². The van der Waals surface area contributed by atoms with Gasteiger partial charge in [-0.15, -0.1) is 0 Å². The number of hydrogen-bond acceptors (Lipinski definition) is 7. The molecule has 0 unspecified atom stereocenters. The molecule has 9 nitrogen and oxygen atoms in total. The Hall–Kier alpha value is -4.84. The third-order valence-electron chi connectivity index (χ3n) is 6.66. The van der Waals surface area contributed by atoms with Gasteiger partial charge in [-0.2, -0.15) is 10.2 Å². The maximum atomic E-state index is 13.6. The number of benzene rings is 3. The van der Waals surface area contributed by atoms with Crippen LogP contribution in [0.4, 0.5) is 8.78 Å². The van der Waals surface area contributed by atoms with E-state index < -0.39 is 17.4 Å². The number of nitrogens with zero attached hydrogens (tertiary/aromatic N) is 5. The Morgan fingerprint density at radius 1 is 1.02 bits per heavy atom. The second kappa shape index (κ2) is 11.0. The zero-order valence-electron chi connectivity index (χ0n) is 21.6. The summed E-state index contributed by atoms with van der Waals surface area (Å²) in [7, 11) is 1.58. The summed E-state index contributed by atoms with van der Waals surface area (Å²) >= 11 is 1.05. The predicted molar refractivity (Wildman–Crippen MR) is 150 cm³/mol. The fourth-order valence-corrected chi connectivity index (χ4v) is 5.29. The molecule has 0 aliphatic carbocycles. The van der Waals surface area contributed by atoms with Crippen LogP contribution in [0, 0.1) is 11.6 Å². The van der Waals surface area contributed by atoms with E-state index in [-0.39, 0.29) is 33.7 Å². The zero-order valence-corrected chi connectivity index (χ0v) is 22.4. The molecule has 41 heavy (non-hydrogen) atoms. The molecule has 1 atom stereocenters. The molecule has 1 aliphatic heterocycles. The number of H-pyrrole nitrogens is 1. The van der Waals surface area contributed by atoms with Crippen molar-refractivity contribution in [3.8, 4) is 11.4 Å². The van der Waals surface area contributed by atoms with Gasteiger partial charge >= 0.3 is 0 Å². The third kappa shape index (κ3) is 5.33. The minimum Gasteiger partial charge on any atom is -0.497 e. The quantitative estimate of drug-likeness (QED) is 0.221. The lowest BCUT2D eigenvalue weighted by Crippen LogP contribution is -2.28. The number of aromatic nitrogens is 4. The number of methoxy groups -OCH3 is 1. The van der Waals surface area contributed by atoms with Crippen molar-refractivity contribution in [3.05, 3.63) is 112 Å². The lowest BCUT2D eigenvalue weighted by atomic mass is 9.98. The normalized spacial score (nSPS) is 14.9. The van der Waals surface area contributed by atoms with Crippen LogP contribution in [0.3, 0.4) is 0 Å². The van der Waals surface area contributed by atoms with E-state index in [1.807, 2.05) is 24.3 Å². The number of rotatable bonds is 7. The number of hydrazone groups is 1. The molecular formula is C29H22F2N6O3S. The summed E-state index contributed by atoms with van der Waals surface area (Å²) in [5.41, 5.74) is 2.69. The third-order valence-corrected chi connectivity index (χ3v) is 7.52. The second-order valence-corrected chi connectivity index (χ2v) is 10.2. The topological polar surface area (TPSA) is 105 Å². The first-order chi connectivity index (χ1) is 19.9. The van der Waals surface area contributed by atoms with Crippen LogP contribution in [0.25, 0.3) is 16.7 Å². The molecule has 1 aliphatic rings. The molecule has 3 heterocycles. The molecule has 3 aromatic carbocycles. The van der Waals surface area contributed by atoms with Crippen molar-refractivity contribution in [2.75, 3.05) is 12.9 Å². The lowest BCUT2D eigenvalue weighted by Gasteiger charge is -2.22. The van der Waals surface area contributed by atoms with Gasteiger partial charge in [0.15, 0.2) is 10.8 Å². The minimum atomic E-state index is -0.435. The van der Waals surface area contributed by atoms with Crippen molar-refractivity contribution in [1.82, 2.24) is 24.8 Å². The molecule has 6 rings (SSSR count). The van der Waals surface area contributed by atoms with Crippen LogP contribution in [-0.2, 0) is 4.79 Å². The number of carbonyl (C=O) groups excluding carboxylic acids is 1. The van der Waals surface area contributed by atoms with E-state index in [0.717, 1.165) is 22.9 Å². The standard InChI is InChI=1S/C29H22F2N6O3S/c1-40-22-12-4-17(5-13-22)24-14-25(18-2-6-19(30)7-3-18)37(35-24)26(38)16-41-29-33-27-23(28(39)34-29)15-32-36(27)21-10-8-20(31)9-11-21/h2-13,15,25H,14,16H2,1H3,(H,33,34,39)/t25-/m1/s1. The smallest absolute Gasteiger partial charge is 0.262 e. The van der Waals surface area contributed by atoms with Gasteiger partial charge in [0.1, 0.15) is 22.8 Å². The van der Waals surface area contributed by atoms with Crippen molar-refractivity contribution in [2.45, 2.75) is 17.6 Å². The van der Waals surface area contributed by atoms with Crippen LogP contribution >= 0.6 is 11.8 Å². The van der Waals surface area contributed by atoms with Crippen molar-refractivity contribution in [2.24, 2.45) is 5.10 Å². The fourth-order valence-electron chi connectivity index (χ4n) is 4.58. The average molecular weight is 573 g/mol. The summed E-state index contributed by atoms with van der Waals surface area (Å²) in [6, 6.07) is 18.6. The molecule has 0 saturated heterocycles. The number of halogens is 2. The highest BCUT2D eigenvalue weighted by atomic mass is 32.2. The van der Waals surface area contributed by atoms with Gasteiger partial charge in [0.25, 0.3) is 11.5 Å². The Morgan fingerprint density at radius 3 is 2.39 bits per heavy atom. The van der Waals surface area contributed by atoms with Crippen LogP contribution in [0.1, 0.15) is 23.6 Å². The van der Waals surface area contributed by atoms with Crippen LogP contribution in [0.2, 0.25) is 0 Å². The Kier molecular flexibility index (Phi) is 7.06. The summed E-state index contributed by atoms with van der Waals surface area (Å²) in [5, 5.41) is 10.7. The monoisotopic (exact) mass is 572 g/mol. The van der Waals surface area contributed by atoms with Crippen molar-refractivity contribution in [3.63, 3.8) is 0 Å². The van der Waals surface area contributed by atoms with Gasteiger partial charge in [-0.1, -0.05) is 23.9 Å². The van der Waals surface area contributed by atoms with E-state index >= 15 is 0 Å². The molecule has 0 radical (unpaired) electrons. The Morgan fingerprint density at radius 2 is 1.71 bits per heavy atom. The maximum Gasteiger partial charge on any atom is 0.262 e. The first kappa shape index (κ1) is 26.4. The molecule has 0 saturated carbocycles. The molecule has 12 heteroatoms. The molecule has 2 aromatic heterocycles. The number of hydrogen-bond donors (Lipinski definition) is 1. The SMILES string of the molecule is COc1ccc(C2=NN(C(=O)CSc3nc4c(cnn4-c4ccc(F)cc4)c(=O)[nH]3)[C@@H](c3ccc(F)cc3)C2)cc1. The number of aromatic amines is 1. The van der Waals surface area contributed by atoms with Crippen molar-refractivity contribution in [1.29, 1.82) is 0 Å². The summed E-state index contributed by atoms with van der Waals surface area (Å²) in [6.45, 7) is 0. The van der Waals surface area contributed by atoms with E-state index in [4.69, 9.17) is 4.74 Å². The highest BCUT2D eigenvalue weighted by molar-refractivity contribution is 7.99. The van der Waals surface area contributed by atoms with E-state index in [9.17, 15) is 18.4 Å². The van der Waals surface area contributed by atoms with Gasteiger partial charge in [-0.3, -0.25) is 9.59 Å². The van der Waals surface area contributed by atoms with Crippen molar-refractivity contribution < 1.29 is 18.3 Å². The molecule has 1 N–H and O–H groups in total. The highest BCUT2D eigenvalue weighted by Crippen LogP contribution is 2.34. The van der Waals surface area contributed by atoms with Gasteiger partial charge in [0.2, 0.25) is 0 Å². The molecule has 5 aromatic rings. The number of nitrogens with one attached hydrogen (secondary N) is 1. The molecule has 0 fully saturated rings. The summed E-state index contributed by atoms with van der Waals surface area (Å²) in [5.74, 6) is -0.462. The Balaban J connectivity index is 1.27. The zero-order chi connectivity index (χ0) is 28.5. The summed E-state index contributed by atoms with van der Waals surface area (Å²) in [6.07, 6.45) is 1.82. The molecule has 206 valence electrons. The number of carbonyl (C=O) groups is 1. The highest BCUT2D eigenvalue weighted by Gasteiger charge is 2.33. The van der Waals surface area contributed by atoms with Gasteiger partial charge in [0, 0.05) is 6.42 Å². The molecule has 0 bridgehead atoms. The van der Waals surface area contributed by atoms with Gasteiger partial charge < -0.3 is 9.72 Å². The number of thioether (sulfide) groups is 1. The van der Waals surface area contributed by atoms with Gasteiger partial charge in [0.05, 0.1) is 36.5 Å². The fraction of sp³-hybridized carbons (Fsp3) is 0.138. The second-order valence-electron chi connectivity index (χ2n) is 9.21. The van der Waals surface area contributed by atoms with Crippen LogP contribution in [0.5, 0.6) is 5.75 Å². The lowest BCUT2D eigenvalue weighted by molar-refractivity contribution is -0.130. The van der Waals surface area contributed by atoms with E-state index in [1.54, 1.807) is 19.2 Å². The number of fused-ring (bicyclic) bond motifs is 1. The average Bonchev–Trinajstić information content (AvgIpc) is 3.63. The molecule has 0 spiro atoms. The first-order valence-corrected chi connectivity index (χ1v) is 13.5. The molecular weight excluding hydrogens is 550 g/mol. The van der Waals surface area contributed by atoms with E-state index in [1.165, 1.54) is 52.3 Å². The summed E-state index contributed by atoms with van der Waals surface area (Å²) < 4.78 is 33.7. The van der Waals surface area contributed by atoms with E-state index in [2.05, 4.69) is 20.2 Å². The van der Waals surface area contributed by atoms with Crippen molar-refractivity contribution >= 4 is 34.4 Å². The first-order valence-electron chi connectivity index (χ1n) is 12.6. The van der Waals surface area contributed by atoms with Crippen LogP contribution < -0.4 is 10.3 Å². The minimum absolute atomic E-state index is 0.0732. The van der Waals surface area contributed by atoms with Gasteiger partial charge in [-0.05, 0) is 71.8 Å². The predicted octanol–water partition coefficient (Wildman–Crippen LogP) is 4.87. The Labute approximate surface area is 236 Å². The summed E-state index contributed by atoms with van der Waals surface area (Å²) in [4.78, 5) is 33.4. The maximum absolute atomic E-state index is 13.6. The van der Waals surface area contributed by atoms with Crippen LogP contribution in [0.15, 0.2) is 94.0 Å². The molecule has 1 amide bonds. The number of amides is 1. The van der Waals surface area contributed by atoms with Gasteiger partial charge in [-0.25, -0.2) is 23.5 Å². The largest absolute Gasteiger partial charge is 0.497 e. The van der Waals surface area contributed by atoms with E-state index in [0.29, 0.717) is 23.6 Å². The number of ether oxygens (including phenoxy) is 1.